The number of likely N-dealkylation sites (N-methyl/N-ethyl adjacent to an activating group) is 1. The fourth-order valence-electron chi connectivity index (χ4n) is 4.67. The van der Waals surface area contributed by atoms with Gasteiger partial charge in [0.1, 0.15) is 17.2 Å². The fourth-order valence-corrected chi connectivity index (χ4v) is 4.67. The van der Waals surface area contributed by atoms with Gasteiger partial charge in [-0.2, -0.15) is 0 Å². The summed E-state index contributed by atoms with van der Waals surface area (Å²) in [5.74, 6) is -0.544. The highest BCUT2D eigenvalue weighted by Crippen LogP contribution is 2.26. The van der Waals surface area contributed by atoms with Crippen molar-refractivity contribution in [3.05, 3.63) is 83.4 Å². The van der Waals surface area contributed by atoms with E-state index in [0.29, 0.717) is 17.1 Å². The maximum atomic E-state index is 13.0. The van der Waals surface area contributed by atoms with Crippen LogP contribution in [-0.4, -0.2) is 73.9 Å². The second-order valence-corrected chi connectivity index (χ2v) is 9.90. The number of nitrogens with zero attached hydrogens (tertiary/aromatic N) is 3. The van der Waals surface area contributed by atoms with E-state index in [1.165, 1.54) is 18.9 Å². The molecule has 2 N–H and O–H groups in total. The zero-order valence-corrected chi connectivity index (χ0v) is 22.9. The lowest BCUT2D eigenvalue weighted by molar-refractivity contribution is -0.140. The van der Waals surface area contributed by atoms with E-state index in [1.807, 2.05) is 41.7 Å². The van der Waals surface area contributed by atoms with E-state index in [1.54, 1.807) is 12.1 Å². The van der Waals surface area contributed by atoms with Crippen LogP contribution in [0.3, 0.4) is 0 Å². The minimum Gasteiger partial charge on any atom is -0.496 e. The molecule has 2 aliphatic heterocycles. The number of ether oxygens (including phenoxy) is 2. The van der Waals surface area contributed by atoms with Gasteiger partial charge in [-0.05, 0) is 66.7 Å². The minimum atomic E-state index is -0.975. The molecule has 3 aromatic rings. The van der Waals surface area contributed by atoms with Crippen molar-refractivity contribution in [2.75, 3.05) is 45.2 Å². The first-order chi connectivity index (χ1) is 19.8. The molecule has 2 saturated heterocycles. The Morgan fingerprint density at radius 3 is 2.12 bits per heavy atom. The Morgan fingerprint density at radius 2 is 1.51 bits per heavy atom. The van der Waals surface area contributed by atoms with Crippen LogP contribution < -0.4 is 25.0 Å². The SMILES string of the molecule is COc1ccc(CN2C(=O)NC(=O)C2=O)cc1C(=O)NCc1ccc(Oc2ccc(N3CCN(C)CC3)cc2)cc1. The third kappa shape index (κ3) is 6.47. The van der Waals surface area contributed by atoms with Crippen LogP contribution in [0.15, 0.2) is 66.7 Å². The number of imide groups is 2. The summed E-state index contributed by atoms with van der Waals surface area (Å²) in [5.41, 5.74) is 2.78. The van der Waals surface area contributed by atoms with Crippen LogP contribution in [0.2, 0.25) is 0 Å². The molecule has 0 unspecified atom stereocenters. The van der Waals surface area contributed by atoms with Crippen LogP contribution in [0.5, 0.6) is 17.2 Å². The Hall–Kier alpha value is -4.90. The topological polar surface area (TPSA) is 121 Å². The number of amides is 5. The van der Waals surface area contributed by atoms with Crippen molar-refractivity contribution in [1.29, 1.82) is 0 Å². The smallest absolute Gasteiger partial charge is 0.331 e. The van der Waals surface area contributed by atoms with Gasteiger partial charge in [-0.3, -0.25) is 24.6 Å². The average Bonchev–Trinajstić information content (AvgIpc) is 3.23. The van der Waals surface area contributed by atoms with Gasteiger partial charge in [0.25, 0.3) is 5.91 Å². The predicted molar refractivity (Wildman–Crippen MR) is 151 cm³/mol. The quantitative estimate of drug-likeness (QED) is 0.305. The van der Waals surface area contributed by atoms with Crippen LogP contribution in [0.1, 0.15) is 21.5 Å². The maximum absolute atomic E-state index is 13.0. The van der Waals surface area contributed by atoms with Crippen LogP contribution in [0, 0.1) is 0 Å². The highest BCUT2D eigenvalue weighted by Gasteiger charge is 2.36. The summed E-state index contributed by atoms with van der Waals surface area (Å²) in [4.78, 5) is 53.7. The van der Waals surface area contributed by atoms with Gasteiger partial charge in [0.05, 0.1) is 19.2 Å². The molecule has 5 rings (SSSR count). The van der Waals surface area contributed by atoms with E-state index >= 15 is 0 Å². The molecule has 2 aliphatic rings. The lowest BCUT2D eigenvalue weighted by Crippen LogP contribution is -2.44. The first-order valence-corrected chi connectivity index (χ1v) is 13.2. The summed E-state index contributed by atoms with van der Waals surface area (Å²) in [5, 5.41) is 4.81. The predicted octanol–water partition coefficient (Wildman–Crippen LogP) is 2.75. The average molecular weight is 558 g/mol. The van der Waals surface area contributed by atoms with Crippen molar-refractivity contribution in [3.8, 4) is 17.2 Å². The summed E-state index contributed by atoms with van der Waals surface area (Å²) in [7, 11) is 3.58. The lowest BCUT2D eigenvalue weighted by atomic mass is 10.1. The number of nitrogens with one attached hydrogen (secondary N) is 2. The summed E-state index contributed by atoms with van der Waals surface area (Å²) in [6, 6.07) is 19.4. The van der Waals surface area contributed by atoms with E-state index in [0.717, 1.165) is 42.4 Å². The van der Waals surface area contributed by atoms with Gasteiger partial charge in [0.2, 0.25) is 0 Å². The van der Waals surface area contributed by atoms with Gasteiger partial charge in [-0.25, -0.2) is 4.79 Å². The van der Waals surface area contributed by atoms with Crippen molar-refractivity contribution in [2.45, 2.75) is 13.1 Å². The summed E-state index contributed by atoms with van der Waals surface area (Å²) in [6.45, 7) is 4.22. The molecule has 2 heterocycles. The summed E-state index contributed by atoms with van der Waals surface area (Å²) < 4.78 is 11.3. The highest BCUT2D eigenvalue weighted by molar-refractivity contribution is 6.44. The Morgan fingerprint density at radius 1 is 0.878 bits per heavy atom. The normalized spacial score (nSPS) is 15.6. The molecule has 0 atom stereocenters. The number of anilines is 1. The molecule has 41 heavy (non-hydrogen) atoms. The van der Waals surface area contributed by atoms with Gasteiger partial charge in [0, 0.05) is 38.4 Å². The van der Waals surface area contributed by atoms with Gasteiger partial charge in [0.15, 0.2) is 0 Å². The van der Waals surface area contributed by atoms with Crippen molar-refractivity contribution >= 4 is 29.4 Å². The second kappa shape index (κ2) is 12.1. The fraction of sp³-hybridized carbons (Fsp3) is 0.267. The zero-order valence-electron chi connectivity index (χ0n) is 22.9. The molecule has 0 radical (unpaired) electrons. The Bertz CT molecular complexity index is 1450. The lowest BCUT2D eigenvalue weighted by Gasteiger charge is -2.34. The summed E-state index contributed by atoms with van der Waals surface area (Å²) >= 11 is 0. The monoisotopic (exact) mass is 557 g/mol. The van der Waals surface area contributed by atoms with Crippen LogP contribution >= 0.6 is 0 Å². The van der Waals surface area contributed by atoms with Gasteiger partial charge in [-0.15, -0.1) is 0 Å². The van der Waals surface area contributed by atoms with E-state index in [9.17, 15) is 19.2 Å². The minimum absolute atomic E-state index is 0.152. The molecule has 5 amide bonds. The Kier molecular flexibility index (Phi) is 8.16. The van der Waals surface area contributed by atoms with Crippen molar-refractivity contribution in [2.24, 2.45) is 0 Å². The first kappa shape index (κ1) is 27.7. The molecule has 0 aliphatic carbocycles. The van der Waals surface area contributed by atoms with E-state index in [-0.39, 0.29) is 18.7 Å². The molecule has 11 heteroatoms. The van der Waals surface area contributed by atoms with Crippen molar-refractivity contribution in [1.82, 2.24) is 20.4 Å². The van der Waals surface area contributed by atoms with E-state index < -0.39 is 23.8 Å². The zero-order chi connectivity index (χ0) is 28.9. The molecule has 0 spiro atoms. The number of methoxy groups -OCH3 is 1. The molecule has 11 nitrogen and oxygen atoms in total. The van der Waals surface area contributed by atoms with Gasteiger partial charge in [-0.1, -0.05) is 18.2 Å². The Labute approximate surface area is 237 Å². The first-order valence-electron chi connectivity index (χ1n) is 13.2. The number of urea groups is 1. The molecular weight excluding hydrogens is 526 g/mol. The number of rotatable bonds is 9. The number of benzene rings is 3. The second-order valence-electron chi connectivity index (χ2n) is 9.90. The van der Waals surface area contributed by atoms with Crippen LogP contribution in [-0.2, 0) is 22.7 Å². The van der Waals surface area contributed by atoms with E-state index in [2.05, 4.69) is 34.3 Å². The molecule has 212 valence electrons. The molecule has 0 bridgehead atoms. The van der Waals surface area contributed by atoms with E-state index in [4.69, 9.17) is 9.47 Å². The van der Waals surface area contributed by atoms with Crippen LogP contribution in [0.4, 0.5) is 10.5 Å². The molecule has 3 aromatic carbocycles. The molecule has 0 saturated carbocycles. The summed E-state index contributed by atoms with van der Waals surface area (Å²) in [6.07, 6.45) is 0. The van der Waals surface area contributed by atoms with Crippen molar-refractivity contribution < 1.29 is 28.7 Å². The molecule has 0 aromatic heterocycles. The van der Waals surface area contributed by atoms with Gasteiger partial charge >= 0.3 is 17.8 Å². The number of hydrogen-bond donors (Lipinski definition) is 2. The number of hydrogen-bond acceptors (Lipinski definition) is 8. The Balaban J connectivity index is 1.17. The highest BCUT2D eigenvalue weighted by atomic mass is 16.5. The third-order valence-electron chi connectivity index (χ3n) is 7.07. The van der Waals surface area contributed by atoms with Crippen molar-refractivity contribution in [3.63, 3.8) is 0 Å². The number of carbonyl (C=O) groups excluding carboxylic acids is 4. The third-order valence-corrected chi connectivity index (χ3v) is 7.07. The van der Waals surface area contributed by atoms with Gasteiger partial charge < -0.3 is 24.6 Å². The molecule has 2 fully saturated rings. The van der Waals surface area contributed by atoms with Crippen LogP contribution in [0.25, 0.3) is 0 Å². The largest absolute Gasteiger partial charge is 0.496 e. The maximum Gasteiger partial charge on any atom is 0.331 e. The number of piperazine rings is 1. The standard InChI is InChI=1S/C30H31N5O6/c1-33-13-15-34(16-14-33)22-6-10-24(11-7-22)41-23-8-3-20(4-9-23)18-31-27(36)25-17-21(5-12-26(25)40-2)19-35-29(38)28(37)32-30(35)39/h3-12,17H,13-16,18-19H2,1-2H3,(H,31,36)(H,32,37,39). The number of carbonyl (C=O) groups is 4. The molecular formula is C30H31N5O6.